The van der Waals surface area contributed by atoms with Crippen LogP contribution >= 0.6 is 0 Å². The van der Waals surface area contributed by atoms with Crippen LogP contribution in [0.5, 0.6) is 0 Å². The van der Waals surface area contributed by atoms with E-state index in [2.05, 4.69) is 39.8 Å². The number of allylic oxidation sites excluding steroid dienone is 2. The van der Waals surface area contributed by atoms with Crippen molar-refractivity contribution in [3.05, 3.63) is 12.2 Å². The number of nitrogens with zero attached hydrogens (tertiary/aromatic N) is 1. The van der Waals surface area contributed by atoms with E-state index in [1.165, 1.54) is 0 Å². The fourth-order valence-corrected chi connectivity index (χ4v) is 1.71. The van der Waals surface area contributed by atoms with Crippen LogP contribution in [0.2, 0.25) is 0 Å². The van der Waals surface area contributed by atoms with Crippen molar-refractivity contribution >= 4 is 6.09 Å². The van der Waals surface area contributed by atoms with Gasteiger partial charge >= 0.3 is 6.09 Å². The van der Waals surface area contributed by atoms with Gasteiger partial charge in [-0.15, -0.1) is 0 Å². The number of ether oxygens (including phenoxy) is 1. The van der Waals surface area contributed by atoms with Crippen molar-refractivity contribution in [1.29, 1.82) is 0 Å². The van der Waals surface area contributed by atoms with E-state index in [4.69, 9.17) is 4.74 Å². The molecular formula is C17H33NO2. The van der Waals surface area contributed by atoms with Crippen LogP contribution < -0.4 is 0 Å². The molecule has 0 aliphatic heterocycles. The van der Waals surface area contributed by atoms with Crippen LogP contribution in [0.25, 0.3) is 0 Å². The summed E-state index contributed by atoms with van der Waals surface area (Å²) in [5, 5.41) is 0. The Morgan fingerprint density at radius 3 is 2.15 bits per heavy atom. The van der Waals surface area contributed by atoms with Crippen molar-refractivity contribution in [2.75, 3.05) is 13.2 Å². The van der Waals surface area contributed by atoms with Gasteiger partial charge in [0.25, 0.3) is 0 Å². The van der Waals surface area contributed by atoms with Crippen LogP contribution in [-0.2, 0) is 4.74 Å². The number of amides is 1. The summed E-state index contributed by atoms with van der Waals surface area (Å²) in [4.78, 5) is 14.1. The van der Waals surface area contributed by atoms with E-state index in [9.17, 15) is 4.79 Å². The molecule has 0 spiro atoms. The van der Waals surface area contributed by atoms with Crippen LogP contribution in [0.4, 0.5) is 4.79 Å². The number of hydrogen-bond donors (Lipinski definition) is 0. The maximum Gasteiger partial charge on any atom is 0.410 e. The zero-order valence-electron chi connectivity index (χ0n) is 14.5. The van der Waals surface area contributed by atoms with Crippen molar-refractivity contribution in [3.63, 3.8) is 0 Å². The molecule has 1 amide bonds. The maximum atomic E-state index is 12.2. The molecule has 0 bridgehead atoms. The molecule has 0 N–H and O–H groups in total. The second-order valence-corrected chi connectivity index (χ2v) is 7.46. The lowest BCUT2D eigenvalue weighted by Crippen LogP contribution is -2.47. The quantitative estimate of drug-likeness (QED) is 0.506. The normalized spacial score (nSPS) is 12.8. The second kappa shape index (κ2) is 8.33. The molecule has 20 heavy (non-hydrogen) atoms. The van der Waals surface area contributed by atoms with Crippen molar-refractivity contribution in [1.82, 2.24) is 4.90 Å². The zero-order valence-corrected chi connectivity index (χ0v) is 14.5. The Balaban J connectivity index is 4.42. The summed E-state index contributed by atoms with van der Waals surface area (Å²) >= 11 is 0. The smallest absolute Gasteiger partial charge is 0.410 e. The molecule has 0 aromatic heterocycles. The maximum absolute atomic E-state index is 12.2. The van der Waals surface area contributed by atoms with Gasteiger partial charge in [0.15, 0.2) is 0 Å². The Morgan fingerprint density at radius 2 is 1.70 bits per heavy atom. The van der Waals surface area contributed by atoms with Gasteiger partial charge in [0.1, 0.15) is 0 Å². The van der Waals surface area contributed by atoms with Gasteiger partial charge in [-0.3, -0.25) is 0 Å². The van der Waals surface area contributed by atoms with Gasteiger partial charge in [-0.05, 0) is 45.4 Å². The molecule has 0 rings (SSSR count). The predicted octanol–water partition coefficient (Wildman–Crippen LogP) is 5.02. The van der Waals surface area contributed by atoms with Gasteiger partial charge in [0.2, 0.25) is 0 Å². The van der Waals surface area contributed by atoms with E-state index < -0.39 is 0 Å². The lowest BCUT2D eigenvalue weighted by atomic mass is 9.99. The molecule has 0 heterocycles. The van der Waals surface area contributed by atoms with Crippen LogP contribution in [0.15, 0.2) is 12.2 Å². The van der Waals surface area contributed by atoms with E-state index in [-0.39, 0.29) is 17.0 Å². The first-order valence-corrected chi connectivity index (χ1v) is 7.67. The number of carbonyl (C=O) groups is 1. The Kier molecular flexibility index (Phi) is 7.92. The molecule has 0 aliphatic rings. The van der Waals surface area contributed by atoms with Crippen LogP contribution in [0, 0.1) is 5.41 Å². The van der Waals surface area contributed by atoms with E-state index in [1.54, 1.807) is 0 Å². The van der Waals surface area contributed by atoms with E-state index in [0.717, 1.165) is 25.8 Å². The first-order valence-electron chi connectivity index (χ1n) is 7.67. The van der Waals surface area contributed by atoms with Gasteiger partial charge in [-0.1, -0.05) is 39.8 Å². The predicted molar refractivity (Wildman–Crippen MR) is 85.9 cm³/mol. The summed E-state index contributed by atoms with van der Waals surface area (Å²) in [6.45, 7) is 15.7. The van der Waals surface area contributed by atoms with Crippen LogP contribution in [0.3, 0.4) is 0 Å². The molecule has 0 fully saturated rings. The van der Waals surface area contributed by atoms with Gasteiger partial charge in [-0.2, -0.15) is 0 Å². The molecule has 0 saturated carbocycles. The Hall–Kier alpha value is -0.990. The van der Waals surface area contributed by atoms with Gasteiger partial charge in [-0.25, -0.2) is 4.79 Å². The first kappa shape index (κ1) is 19.0. The summed E-state index contributed by atoms with van der Waals surface area (Å²) in [5.74, 6) is 0. The molecule has 3 nitrogen and oxygen atoms in total. The fraction of sp³-hybridized carbons (Fsp3) is 0.824. The Labute approximate surface area is 125 Å². The Bertz CT molecular complexity index is 308. The topological polar surface area (TPSA) is 29.5 Å². The Morgan fingerprint density at radius 1 is 1.10 bits per heavy atom. The van der Waals surface area contributed by atoms with Crippen LogP contribution in [0.1, 0.15) is 67.7 Å². The number of carbonyl (C=O) groups excluding carboxylic acids is 1. The highest BCUT2D eigenvalue weighted by molar-refractivity contribution is 5.68. The van der Waals surface area contributed by atoms with Crippen molar-refractivity contribution in [2.45, 2.75) is 73.3 Å². The van der Waals surface area contributed by atoms with Crippen molar-refractivity contribution < 1.29 is 9.53 Å². The van der Waals surface area contributed by atoms with E-state index in [0.29, 0.717) is 6.61 Å². The lowest BCUT2D eigenvalue weighted by molar-refractivity contribution is 0.0456. The molecule has 0 radical (unpaired) electrons. The first-order chi connectivity index (χ1) is 9.08. The van der Waals surface area contributed by atoms with Crippen molar-refractivity contribution in [3.8, 4) is 0 Å². The molecule has 118 valence electrons. The molecule has 0 saturated heterocycles. The highest BCUT2D eigenvalue weighted by Gasteiger charge is 2.28. The summed E-state index contributed by atoms with van der Waals surface area (Å²) in [7, 11) is 0. The molecule has 0 atom stereocenters. The summed E-state index contributed by atoms with van der Waals surface area (Å²) in [6.07, 6.45) is 7.19. The lowest BCUT2D eigenvalue weighted by Gasteiger charge is -2.35. The minimum Gasteiger partial charge on any atom is -0.449 e. The van der Waals surface area contributed by atoms with Crippen molar-refractivity contribution in [2.24, 2.45) is 5.41 Å². The van der Waals surface area contributed by atoms with Gasteiger partial charge < -0.3 is 9.64 Å². The minimum absolute atomic E-state index is 0.00305. The highest BCUT2D eigenvalue weighted by atomic mass is 16.6. The highest BCUT2D eigenvalue weighted by Crippen LogP contribution is 2.19. The third kappa shape index (κ3) is 9.00. The molecular weight excluding hydrogens is 250 g/mol. The van der Waals surface area contributed by atoms with Gasteiger partial charge in [0.05, 0.1) is 6.61 Å². The third-order valence-electron chi connectivity index (χ3n) is 2.81. The average Bonchev–Trinajstić information content (AvgIpc) is 2.28. The molecule has 0 aliphatic carbocycles. The zero-order chi connectivity index (χ0) is 15.8. The van der Waals surface area contributed by atoms with Gasteiger partial charge in [0, 0.05) is 12.1 Å². The van der Waals surface area contributed by atoms with E-state index in [1.807, 2.05) is 25.7 Å². The molecule has 0 aromatic rings. The summed E-state index contributed by atoms with van der Waals surface area (Å²) in [6, 6.07) is 0. The molecule has 0 aromatic carbocycles. The monoisotopic (exact) mass is 283 g/mol. The second-order valence-electron chi connectivity index (χ2n) is 7.46. The summed E-state index contributed by atoms with van der Waals surface area (Å²) in [5.41, 5.74) is -0.202. The minimum atomic E-state index is -0.205. The van der Waals surface area contributed by atoms with E-state index >= 15 is 0 Å². The molecule has 0 unspecified atom stereocenters. The third-order valence-corrected chi connectivity index (χ3v) is 2.81. The summed E-state index contributed by atoms with van der Waals surface area (Å²) < 4.78 is 5.44. The fourth-order valence-electron chi connectivity index (χ4n) is 1.71. The largest absolute Gasteiger partial charge is 0.449 e. The van der Waals surface area contributed by atoms with Crippen LogP contribution in [-0.4, -0.2) is 29.7 Å². The average molecular weight is 283 g/mol. The SMILES string of the molecule is CC/C=C\CCCN(C(=O)OCC(C)(C)C)C(C)(C)C. The number of rotatable bonds is 6. The number of hydrogen-bond acceptors (Lipinski definition) is 2. The standard InChI is InChI=1S/C17H33NO2/c1-8-9-10-11-12-13-18(17(5,6)7)15(19)20-14-16(2,3)4/h9-10H,8,11-14H2,1-7H3/b10-9-. The molecule has 3 heteroatoms. The number of unbranched alkanes of at least 4 members (excludes halogenated alkanes) is 1.